The van der Waals surface area contributed by atoms with E-state index >= 15 is 0 Å². The van der Waals surface area contributed by atoms with E-state index in [0.29, 0.717) is 6.71 Å². The molecular formula is C24H38BN3O. The van der Waals surface area contributed by atoms with Crippen molar-refractivity contribution in [2.45, 2.75) is 65.5 Å². The van der Waals surface area contributed by atoms with Crippen molar-refractivity contribution in [1.29, 1.82) is 5.26 Å². The molecule has 4 nitrogen and oxygen atoms in total. The highest BCUT2D eigenvalue weighted by atomic mass is 16.2. The summed E-state index contributed by atoms with van der Waals surface area (Å²) in [5, 5.41) is 9.05. The van der Waals surface area contributed by atoms with Gasteiger partial charge in [-0.15, -0.1) is 0 Å². The van der Waals surface area contributed by atoms with E-state index in [0.717, 1.165) is 48.7 Å². The van der Waals surface area contributed by atoms with Crippen LogP contribution in [-0.2, 0) is 0 Å². The first-order valence-electron chi connectivity index (χ1n) is 11.4. The van der Waals surface area contributed by atoms with Gasteiger partial charge >= 0.3 is 0 Å². The zero-order valence-electron chi connectivity index (χ0n) is 19.1. The van der Waals surface area contributed by atoms with Crippen LogP contribution in [0.3, 0.4) is 0 Å². The lowest BCUT2D eigenvalue weighted by atomic mass is 9.41. The first kappa shape index (κ1) is 23.3. The SMILES string of the molecule is CC.Cc1cc(N2CCC(CC3CCB(C#N)CC3)CC2)ccc1C(=O)N(C)C. The maximum absolute atomic E-state index is 12.2. The maximum atomic E-state index is 12.2. The number of piperidine rings is 1. The molecule has 0 radical (unpaired) electrons. The fourth-order valence-corrected chi connectivity index (χ4v) is 4.75. The van der Waals surface area contributed by atoms with Crippen molar-refractivity contribution in [3.05, 3.63) is 29.3 Å². The van der Waals surface area contributed by atoms with Crippen LogP contribution in [0.25, 0.3) is 0 Å². The first-order chi connectivity index (χ1) is 14.0. The van der Waals surface area contributed by atoms with Gasteiger partial charge in [-0.05, 0) is 61.8 Å². The fourth-order valence-electron chi connectivity index (χ4n) is 4.75. The average Bonchev–Trinajstić information content (AvgIpc) is 2.75. The summed E-state index contributed by atoms with van der Waals surface area (Å²) in [4.78, 5) is 16.3. The van der Waals surface area contributed by atoms with Crippen LogP contribution in [0.15, 0.2) is 18.2 Å². The number of carbonyl (C=O) groups is 1. The summed E-state index contributed by atoms with van der Waals surface area (Å²) >= 11 is 0. The van der Waals surface area contributed by atoms with E-state index in [4.69, 9.17) is 5.26 Å². The molecule has 1 amide bonds. The predicted octanol–water partition coefficient (Wildman–Crippen LogP) is 5.30. The van der Waals surface area contributed by atoms with Gasteiger partial charge in [0, 0.05) is 44.4 Å². The number of amides is 1. The van der Waals surface area contributed by atoms with E-state index in [2.05, 4.69) is 23.0 Å². The molecule has 0 aromatic heterocycles. The Kier molecular flexibility index (Phi) is 9.08. The number of aryl methyl sites for hydroxylation is 1. The van der Waals surface area contributed by atoms with Crippen LogP contribution in [0.5, 0.6) is 0 Å². The molecule has 158 valence electrons. The molecule has 1 aromatic rings. The molecule has 0 spiro atoms. The van der Waals surface area contributed by atoms with E-state index in [1.165, 1.54) is 37.8 Å². The van der Waals surface area contributed by atoms with Crippen LogP contribution in [0.2, 0.25) is 12.6 Å². The Morgan fingerprint density at radius 1 is 1.14 bits per heavy atom. The van der Waals surface area contributed by atoms with Crippen LogP contribution >= 0.6 is 0 Å². The topological polar surface area (TPSA) is 47.3 Å². The third-order valence-electron chi connectivity index (χ3n) is 6.52. The second-order valence-electron chi connectivity index (χ2n) is 8.71. The number of carbonyl (C=O) groups excluding carboxylic acids is 1. The molecule has 5 heteroatoms. The molecule has 0 saturated carbocycles. The minimum atomic E-state index is 0.0730. The minimum Gasteiger partial charge on any atom is -0.372 e. The molecular weight excluding hydrogens is 357 g/mol. The van der Waals surface area contributed by atoms with Gasteiger partial charge in [0.1, 0.15) is 0 Å². The molecule has 0 aliphatic carbocycles. The number of nitriles is 1. The van der Waals surface area contributed by atoms with Crippen LogP contribution in [0.4, 0.5) is 5.69 Å². The zero-order valence-corrected chi connectivity index (χ0v) is 19.1. The summed E-state index contributed by atoms with van der Waals surface area (Å²) in [6.07, 6.45) is 8.58. The Morgan fingerprint density at radius 3 is 2.24 bits per heavy atom. The number of hydrogen-bond acceptors (Lipinski definition) is 3. The lowest BCUT2D eigenvalue weighted by Crippen LogP contribution is -2.35. The summed E-state index contributed by atoms with van der Waals surface area (Å²) < 4.78 is 0. The van der Waals surface area contributed by atoms with Crippen LogP contribution < -0.4 is 4.90 Å². The highest BCUT2D eigenvalue weighted by molar-refractivity contribution is 6.67. The van der Waals surface area contributed by atoms with Gasteiger partial charge in [0.15, 0.2) is 0 Å². The van der Waals surface area contributed by atoms with Crippen molar-refractivity contribution in [2.24, 2.45) is 11.8 Å². The third-order valence-corrected chi connectivity index (χ3v) is 6.52. The maximum Gasteiger partial charge on any atom is 0.267 e. The second kappa shape index (κ2) is 11.3. The van der Waals surface area contributed by atoms with Crippen LogP contribution in [-0.4, -0.2) is 44.7 Å². The first-order valence-corrected chi connectivity index (χ1v) is 11.4. The largest absolute Gasteiger partial charge is 0.372 e. The van der Waals surface area contributed by atoms with Crippen LogP contribution in [0.1, 0.15) is 61.9 Å². The molecule has 29 heavy (non-hydrogen) atoms. The summed E-state index contributed by atoms with van der Waals surface area (Å²) in [6.45, 7) is 8.57. The molecule has 2 aliphatic rings. The van der Waals surface area contributed by atoms with Gasteiger partial charge in [-0.1, -0.05) is 39.3 Å². The van der Waals surface area contributed by atoms with Crippen molar-refractivity contribution in [3.8, 4) is 5.97 Å². The fraction of sp³-hybridized carbons (Fsp3) is 0.667. The smallest absolute Gasteiger partial charge is 0.267 e. The number of hydrogen-bond donors (Lipinski definition) is 0. The molecule has 2 aliphatic heterocycles. The van der Waals surface area contributed by atoms with Gasteiger partial charge in [-0.25, -0.2) is 5.26 Å². The van der Waals surface area contributed by atoms with E-state index in [-0.39, 0.29) is 5.91 Å². The summed E-state index contributed by atoms with van der Waals surface area (Å²) in [7, 11) is 3.60. The minimum absolute atomic E-state index is 0.0730. The monoisotopic (exact) mass is 395 g/mol. The van der Waals surface area contributed by atoms with Crippen molar-refractivity contribution < 1.29 is 4.79 Å². The van der Waals surface area contributed by atoms with Gasteiger partial charge in [-0.3, -0.25) is 4.79 Å². The Morgan fingerprint density at radius 2 is 1.72 bits per heavy atom. The van der Waals surface area contributed by atoms with Gasteiger partial charge in [0.25, 0.3) is 12.6 Å². The van der Waals surface area contributed by atoms with E-state index in [9.17, 15) is 4.79 Å². The highest BCUT2D eigenvalue weighted by Crippen LogP contribution is 2.34. The van der Waals surface area contributed by atoms with E-state index < -0.39 is 0 Å². The van der Waals surface area contributed by atoms with E-state index in [1.807, 2.05) is 26.8 Å². The average molecular weight is 395 g/mol. The van der Waals surface area contributed by atoms with Crippen molar-refractivity contribution in [3.63, 3.8) is 0 Å². The molecule has 2 fully saturated rings. The van der Waals surface area contributed by atoms with Gasteiger partial charge < -0.3 is 9.80 Å². The number of rotatable bonds is 4. The Labute approximate surface area is 178 Å². The van der Waals surface area contributed by atoms with Crippen molar-refractivity contribution in [1.82, 2.24) is 4.90 Å². The molecule has 2 saturated heterocycles. The van der Waals surface area contributed by atoms with Crippen LogP contribution in [0, 0.1) is 30.0 Å². The van der Waals surface area contributed by atoms with E-state index in [1.54, 1.807) is 19.0 Å². The standard InChI is InChI=1S/C22H32BN3O.C2H6/c1-17-14-20(4-5-21(17)22(27)25(2)3)26-12-8-19(9-13-26)15-18-6-10-23(16-24)11-7-18;1-2/h4-5,14,18-19H,6-13,15H2,1-3H3;1-2H3. The molecule has 0 unspecified atom stereocenters. The van der Waals surface area contributed by atoms with Gasteiger partial charge in [0.05, 0.1) is 0 Å². The zero-order chi connectivity index (χ0) is 21.4. The summed E-state index contributed by atoms with van der Waals surface area (Å²) in [6, 6.07) is 6.25. The number of benzene rings is 1. The normalized spacial score (nSPS) is 17.9. The van der Waals surface area contributed by atoms with Crippen molar-refractivity contribution in [2.75, 3.05) is 32.1 Å². The second-order valence-corrected chi connectivity index (χ2v) is 8.71. The third kappa shape index (κ3) is 6.26. The lowest BCUT2D eigenvalue weighted by molar-refractivity contribution is 0.0827. The molecule has 1 aromatic carbocycles. The van der Waals surface area contributed by atoms with Crippen molar-refractivity contribution >= 4 is 18.3 Å². The molecule has 2 heterocycles. The quantitative estimate of drug-likeness (QED) is 0.650. The van der Waals surface area contributed by atoms with Gasteiger partial charge in [-0.2, -0.15) is 0 Å². The van der Waals surface area contributed by atoms with Gasteiger partial charge in [0.2, 0.25) is 0 Å². The number of nitrogens with zero attached hydrogens (tertiary/aromatic N) is 3. The number of anilines is 1. The molecule has 3 rings (SSSR count). The Balaban J connectivity index is 0.00000145. The summed E-state index contributed by atoms with van der Waals surface area (Å²) in [5.41, 5.74) is 3.10. The molecule has 0 bridgehead atoms. The molecule has 0 atom stereocenters. The Hall–Kier alpha value is -1.96. The summed E-state index contributed by atoms with van der Waals surface area (Å²) in [5.74, 6) is 4.19. The molecule has 0 N–H and O–H groups in total. The highest BCUT2D eigenvalue weighted by Gasteiger charge is 2.28. The lowest BCUT2D eigenvalue weighted by Gasteiger charge is -2.36. The Bertz CT molecular complexity index is 697. The predicted molar refractivity (Wildman–Crippen MR) is 124 cm³/mol.